The Bertz CT molecular complexity index is 672. The number of aromatic nitrogens is 1. The van der Waals surface area contributed by atoms with Gasteiger partial charge in [0.25, 0.3) is 0 Å². The molecule has 3 rings (SSSR count). The van der Waals surface area contributed by atoms with E-state index in [1.54, 1.807) is 13.3 Å². The van der Waals surface area contributed by atoms with Crippen LogP contribution < -0.4 is 15.4 Å². The van der Waals surface area contributed by atoms with E-state index in [2.05, 4.69) is 21.7 Å². The molecule has 0 aliphatic carbocycles. The molecule has 2 N–H and O–H groups in total. The van der Waals surface area contributed by atoms with Crippen molar-refractivity contribution in [1.29, 1.82) is 0 Å². The average Bonchev–Trinajstić information content (AvgIpc) is 3.00. The van der Waals surface area contributed by atoms with Gasteiger partial charge in [-0.25, -0.2) is 0 Å². The van der Waals surface area contributed by atoms with Crippen molar-refractivity contribution < 1.29 is 9.53 Å². The highest BCUT2D eigenvalue weighted by Gasteiger charge is 2.22. The van der Waals surface area contributed by atoms with Gasteiger partial charge in [-0.2, -0.15) is 0 Å². The van der Waals surface area contributed by atoms with Gasteiger partial charge in [0, 0.05) is 24.4 Å². The van der Waals surface area contributed by atoms with Gasteiger partial charge in [-0.15, -0.1) is 0 Å². The Labute approximate surface area is 129 Å². The Morgan fingerprint density at radius 2 is 2.27 bits per heavy atom. The summed E-state index contributed by atoms with van der Waals surface area (Å²) in [5.74, 6) is 0.929. The number of amides is 1. The molecule has 0 bridgehead atoms. The number of hydrogen-bond donors (Lipinski definition) is 2. The van der Waals surface area contributed by atoms with E-state index in [0.717, 1.165) is 29.1 Å². The van der Waals surface area contributed by atoms with E-state index in [0.29, 0.717) is 13.0 Å². The quantitative estimate of drug-likeness (QED) is 0.890. The number of nitrogens with zero attached hydrogens (tertiary/aromatic N) is 1. The largest absolute Gasteiger partial charge is 0.497 e. The van der Waals surface area contributed by atoms with Crippen molar-refractivity contribution in [2.75, 3.05) is 12.4 Å². The molecule has 22 heavy (non-hydrogen) atoms. The van der Waals surface area contributed by atoms with Crippen molar-refractivity contribution in [2.45, 2.75) is 25.4 Å². The van der Waals surface area contributed by atoms with Crippen LogP contribution in [0.1, 0.15) is 30.1 Å². The summed E-state index contributed by atoms with van der Waals surface area (Å²) in [5, 5.41) is 6.35. The summed E-state index contributed by atoms with van der Waals surface area (Å²) in [6.07, 6.45) is 3.20. The lowest BCUT2D eigenvalue weighted by molar-refractivity contribution is -0.119. The SMILES string of the molecule is COc1ccnc(CNc2cccc(C3CCC(=O)N3)c2)c1. The number of ether oxygens (including phenoxy) is 1. The van der Waals surface area contributed by atoms with Gasteiger partial charge in [0.1, 0.15) is 5.75 Å². The third kappa shape index (κ3) is 3.36. The number of pyridine rings is 1. The molecule has 114 valence electrons. The van der Waals surface area contributed by atoms with Gasteiger partial charge in [0.2, 0.25) is 5.91 Å². The fraction of sp³-hybridized carbons (Fsp3) is 0.294. The lowest BCUT2D eigenvalue weighted by atomic mass is 10.0. The van der Waals surface area contributed by atoms with Crippen LogP contribution in [0, 0.1) is 0 Å². The van der Waals surface area contributed by atoms with E-state index in [9.17, 15) is 4.79 Å². The van der Waals surface area contributed by atoms with Crippen LogP contribution in [0.15, 0.2) is 42.6 Å². The fourth-order valence-corrected chi connectivity index (χ4v) is 2.60. The van der Waals surface area contributed by atoms with Gasteiger partial charge in [0.15, 0.2) is 0 Å². The number of benzene rings is 1. The summed E-state index contributed by atoms with van der Waals surface area (Å²) < 4.78 is 5.20. The Morgan fingerprint density at radius 1 is 1.36 bits per heavy atom. The van der Waals surface area contributed by atoms with Crippen molar-refractivity contribution in [3.05, 3.63) is 53.9 Å². The van der Waals surface area contributed by atoms with Gasteiger partial charge >= 0.3 is 0 Å². The molecular weight excluding hydrogens is 278 g/mol. The summed E-state index contributed by atoms with van der Waals surface area (Å²) in [6.45, 7) is 0.623. The topological polar surface area (TPSA) is 63.2 Å². The van der Waals surface area contributed by atoms with E-state index in [1.165, 1.54) is 0 Å². The molecule has 1 amide bonds. The zero-order chi connectivity index (χ0) is 15.4. The van der Waals surface area contributed by atoms with Crippen LogP contribution in [0.4, 0.5) is 5.69 Å². The standard InChI is InChI=1S/C17H19N3O2/c1-22-15-7-8-18-14(10-15)11-19-13-4-2-3-12(9-13)16-5-6-17(21)20-16/h2-4,7-10,16,19H,5-6,11H2,1H3,(H,20,21). The second kappa shape index (κ2) is 6.47. The molecule has 2 aromatic rings. The minimum absolute atomic E-state index is 0.129. The van der Waals surface area contributed by atoms with Crippen molar-refractivity contribution in [2.24, 2.45) is 0 Å². The molecule has 5 nitrogen and oxygen atoms in total. The molecule has 1 saturated heterocycles. The predicted molar refractivity (Wildman–Crippen MR) is 84.7 cm³/mol. The maximum atomic E-state index is 11.3. The van der Waals surface area contributed by atoms with Crippen molar-refractivity contribution in [3.8, 4) is 5.75 Å². The lowest BCUT2D eigenvalue weighted by Crippen LogP contribution is -2.18. The third-order valence-corrected chi connectivity index (χ3v) is 3.78. The Kier molecular flexibility index (Phi) is 4.23. The predicted octanol–water partition coefficient (Wildman–Crippen LogP) is 2.65. The first-order chi connectivity index (χ1) is 10.7. The minimum Gasteiger partial charge on any atom is -0.497 e. The molecule has 1 aliphatic heterocycles. The summed E-state index contributed by atoms with van der Waals surface area (Å²) in [7, 11) is 1.64. The minimum atomic E-state index is 0.129. The van der Waals surface area contributed by atoms with Crippen molar-refractivity contribution >= 4 is 11.6 Å². The first-order valence-electron chi connectivity index (χ1n) is 7.37. The van der Waals surface area contributed by atoms with Crippen molar-refractivity contribution in [3.63, 3.8) is 0 Å². The second-order valence-electron chi connectivity index (χ2n) is 5.32. The normalized spacial score (nSPS) is 17.1. The zero-order valence-corrected chi connectivity index (χ0v) is 12.5. The molecule has 1 fully saturated rings. The number of carbonyl (C=O) groups excluding carboxylic acids is 1. The van der Waals surface area contributed by atoms with Crippen LogP contribution >= 0.6 is 0 Å². The smallest absolute Gasteiger partial charge is 0.220 e. The Balaban J connectivity index is 1.66. The number of hydrogen-bond acceptors (Lipinski definition) is 4. The van der Waals surface area contributed by atoms with Crippen LogP contribution in [-0.2, 0) is 11.3 Å². The molecule has 1 aliphatic rings. The van der Waals surface area contributed by atoms with Gasteiger partial charge < -0.3 is 15.4 Å². The molecule has 1 atom stereocenters. The average molecular weight is 297 g/mol. The number of rotatable bonds is 5. The number of carbonyl (C=O) groups is 1. The first kappa shape index (κ1) is 14.4. The second-order valence-corrected chi connectivity index (χ2v) is 5.32. The zero-order valence-electron chi connectivity index (χ0n) is 12.5. The highest BCUT2D eigenvalue weighted by Crippen LogP contribution is 2.25. The lowest BCUT2D eigenvalue weighted by Gasteiger charge is -2.13. The fourth-order valence-electron chi connectivity index (χ4n) is 2.60. The highest BCUT2D eigenvalue weighted by atomic mass is 16.5. The molecule has 2 heterocycles. The van der Waals surface area contributed by atoms with Crippen LogP contribution in [0.2, 0.25) is 0 Å². The summed E-state index contributed by atoms with van der Waals surface area (Å²) in [6, 6.07) is 12.0. The number of anilines is 1. The van der Waals surface area contributed by atoms with Crippen LogP contribution in [0.25, 0.3) is 0 Å². The third-order valence-electron chi connectivity index (χ3n) is 3.78. The van der Waals surface area contributed by atoms with E-state index in [1.807, 2.05) is 30.3 Å². The molecular formula is C17H19N3O2. The monoisotopic (exact) mass is 297 g/mol. The molecule has 0 saturated carbocycles. The van der Waals surface area contributed by atoms with Gasteiger partial charge in [0.05, 0.1) is 25.4 Å². The molecule has 1 unspecified atom stereocenters. The maximum absolute atomic E-state index is 11.3. The maximum Gasteiger partial charge on any atom is 0.220 e. The van der Waals surface area contributed by atoms with Crippen molar-refractivity contribution in [1.82, 2.24) is 10.3 Å². The van der Waals surface area contributed by atoms with Gasteiger partial charge in [-0.05, 0) is 30.2 Å². The van der Waals surface area contributed by atoms with E-state index < -0.39 is 0 Å². The Hall–Kier alpha value is -2.56. The Morgan fingerprint density at radius 3 is 3.05 bits per heavy atom. The number of nitrogens with one attached hydrogen (secondary N) is 2. The summed E-state index contributed by atoms with van der Waals surface area (Å²) >= 11 is 0. The first-order valence-corrected chi connectivity index (χ1v) is 7.37. The molecule has 1 aromatic heterocycles. The summed E-state index contributed by atoms with van der Waals surface area (Å²) in [5.41, 5.74) is 3.07. The van der Waals surface area contributed by atoms with E-state index in [4.69, 9.17) is 4.74 Å². The molecule has 5 heteroatoms. The van der Waals surface area contributed by atoms with Crippen LogP contribution in [0.5, 0.6) is 5.75 Å². The van der Waals surface area contributed by atoms with Crippen LogP contribution in [0.3, 0.4) is 0 Å². The molecule has 0 spiro atoms. The van der Waals surface area contributed by atoms with Crippen LogP contribution in [-0.4, -0.2) is 18.0 Å². The molecule has 0 radical (unpaired) electrons. The van der Waals surface area contributed by atoms with E-state index in [-0.39, 0.29) is 11.9 Å². The van der Waals surface area contributed by atoms with Gasteiger partial charge in [-0.3, -0.25) is 9.78 Å². The van der Waals surface area contributed by atoms with E-state index >= 15 is 0 Å². The van der Waals surface area contributed by atoms with Gasteiger partial charge in [-0.1, -0.05) is 12.1 Å². The highest BCUT2D eigenvalue weighted by molar-refractivity contribution is 5.78. The number of methoxy groups -OCH3 is 1. The molecule has 1 aromatic carbocycles. The summed E-state index contributed by atoms with van der Waals surface area (Å²) in [4.78, 5) is 15.6.